The van der Waals surface area contributed by atoms with Crippen molar-refractivity contribution < 1.29 is 36.2 Å². The number of carbonyl (C=O) groups is 1. The molecule has 2 aliphatic heterocycles. The third kappa shape index (κ3) is 5.37. The van der Waals surface area contributed by atoms with Crippen LogP contribution >= 0.6 is 11.8 Å². The average Bonchev–Trinajstić information content (AvgIpc) is 3.50. The number of halogens is 6. The van der Waals surface area contributed by atoms with E-state index in [4.69, 9.17) is 0 Å². The van der Waals surface area contributed by atoms with E-state index in [2.05, 4.69) is 10.1 Å². The summed E-state index contributed by atoms with van der Waals surface area (Å²) < 4.78 is 80.6. The molecule has 1 N–H and O–H groups in total. The predicted octanol–water partition coefficient (Wildman–Crippen LogP) is 5.80. The molecule has 0 spiro atoms. The number of aliphatic imine (C=N–C) groups is 1. The minimum atomic E-state index is -4.97. The molecule has 2 aliphatic rings. The Morgan fingerprint density at radius 2 is 1.86 bits per heavy atom. The second kappa shape index (κ2) is 9.21. The molecule has 0 unspecified atom stereocenters. The Balaban J connectivity index is 1.42. The van der Waals surface area contributed by atoms with Gasteiger partial charge in [0.1, 0.15) is 5.84 Å². The molecule has 0 radical (unpaired) electrons. The van der Waals surface area contributed by atoms with Crippen LogP contribution in [0.3, 0.4) is 0 Å². The van der Waals surface area contributed by atoms with Gasteiger partial charge in [0.2, 0.25) is 0 Å². The van der Waals surface area contributed by atoms with E-state index in [1.807, 2.05) is 4.90 Å². The van der Waals surface area contributed by atoms with Gasteiger partial charge in [-0.1, -0.05) is 12.1 Å². The summed E-state index contributed by atoms with van der Waals surface area (Å²) in [6.45, 7) is 0.567. The summed E-state index contributed by atoms with van der Waals surface area (Å²) in [5, 5.41) is 14.3. The Kier molecular flexibility index (Phi) is 6.31. The number of hydrogen-bond donors (Lipinski definition) is 1. The van der Waals surface area contributed by atoms with Crippen LogP contribution in [-0.2, 0) is 18.9 Å². The van der Waals surface area contributed by atoms with Gasteiger partial charge in [0, 0.05) is 24.7 Å². The van der Waals surface area contributed by atoms with Gasteiger partial charge < -0.3 is 10.0 Å². The molecule has 3 aromatic rings. The number of β-amino-alcohol motifs (C(OH)–C–C–N with tert-alkyl or cyclic N) is 1. The molecular weight excluding hydrogens is 522 g/mol. The third-order valence-electron chi connectivity index (χ3n) is 6.03. The van der Waals surface area contributed by atoms with E-state index >= 15 is 0 Å². The normalized spacial score (nSPS) is 19.9. The number of amidine groups is 1. The monoisotopic (exact) mass is 540 g/mol. The maximum absolute atomic E-state index is 13.5. The molecule has 3 heterocycles. The number of likely N-dealkylation sites (tertiary alicyclic amines) is 1. The van der Waals surface area contributed by atoms with Crippen LogP contribution in [0.5, 0.6) is 0 Å². The standard InChI is InChI=1S/C24H18F6N4O2S/c25-23(26,27)16-3-2-14(18(9-16)24(28,29)30)10-34-11-15-7-13(1-4-19(15)32-34)8-20-21(31-22(36)37-20)33-6-5-17(35)12-33/h1-4,7-9,11,17,35H,5-6,10,12H2/b20-8-/t17-/m1/s1. The topological polar surface area (TPSA) is 70.7 Å². The maximum atomic E-state index is 13.5. The van der Waals surface area contributed by atoms with E-state index < -0.39 is 29.6 Å². The van der Waals surface area contributed by atoms with Crippen LogP contribution in [0.4, 0.5) is 31.1 Å². The largest absolute Gasteiger partial charge is 0.416 e. The first kappa shape index (κ1) is 25.3. The van der Waals surface area contributed by atoms with Crippen molar-refractivity contribution >= 4 is 39.8 Å². The number of alkyl halides is 6. The molecule has 6 nitrogen and oxygen atoms in total. The number of aliphatic hydroxyl groups is 1. The molecule has 1 saturated heterocycles. The fourth-order valence-electron chi connectivity index (χ4n) is 4.31. The van der Waals surface area contributed by atoms with Crippen LogP contribution in [0, 0.1) is 0 Å². The van der Waals surface area contributed by atoms with E-state index in [9.17, 15) is 36.2 Å². The number of carbonyl (C=O) groups excluding carboxylic acids is 1. The van der Waals surface area contributed by atoms with Crippen molar-refractivity contribution in [2.24, 2.45) is 4.99 Å². The van der Waals surface area contributed by atoms with Crippen LogP contribution < -0.4 is 0 Å². The Morgan fingerprint density at radius 3 is 2.54 bits per heavy atom. The summed E-state index contributed by atoms with van der Waals surface area (Å²) in [5.41, 5.74) is -1.91. The van der Waals surface area contributed by atoms with Crippen LogP contribution in [-0.4, -0.2) is 50.1 Å². The van der Waals surface area contributed by atoms with Crippen molar-refractivity contribution in [2.75, 3.05) is 13.1 Å². The lowest BCUT2D eigenvalue weighted by Crippen LogP contribution is -2.29. The first-order chi connectivity index (χ1) is 17.4. The van der Waals surface area contributed by atoms with Gasteiger partial charge in [0.25, 0.3) is 0 Å². The van der Waals surface area contributed by atoms with Crippen LogP contribution in [0.15, 0.2) is 52.5 Å². The van der Waals surface area contributed by atoms with E-state index in [-0.39, 0.29) is 23.4 Å². The number of benzene rings is 2. The predicted molar refractivity (Wildman–Crippen MR) is 126 cm³/mol. The summed E-state index contributed by atoms with van der Waals surface area (Å²) in [4.78, 5) is 18.5. The molecule has 0 saturated carbocycles. The minimum absolute atomic E-state index is 0.113. The molecule has 1 aromatic heterocycles. The first-order valence-electron chi connectivity index (χ1n) is 11.1. The number of aromatic nitrogens is 2. The molecule has 1 amide bonds. The third-order valence-corrected chi connectivity index (χ3v) is 6.81. The highest BCUT2D eigenvalue weighted by atomic mass is 32.2. The van der Waals surface area contributed by atoms with Crippen LogP contribution in [0.1, 0.15) is 28.7 Å². The second-order valence-electron chi connectivity index (χ2n) is 8.71. The molecule has 1 fully saturated rings. The average molecular weight is 540 g/mol. The van der Waals surface area contributed by atoms with E-state index in [0.29, 0.717) is 52.8 Å². The van der Waals surface area contributed by atoms with Gasteiger partial charge in [-0.3, -0.25) is 9.48 Å². The minimum Gasteiger partial charge on any atom is -0.391 e. The summed E-state index contributed by atoms with van der Waals surface area (Å²) in [6, 6.07) is 6.68. The quantitative estimate of drug-likeness (QED) is 0.426. The number of rotatable bonds is 3. The highest BCUT2D eigenvalue weighted by Crippen LogP contribution is 2.38. The highest BCUT2D eigenvalue weighted by molar-refractivity contribution is 8.18. The SMILES string of the molecule is O=C1N=C(N2CC[C@@H](O)C2)/C(=C/c2ccc3nn(Cc4ccc(C(F)(F)F)cc4C(F)(F)F)cc3c2)S1. The molecule has 0 aliphatic carbocycles. The van der Waals surface area contributed by atoms with Crippen molar-refractivity contribution in [3.63, 3.8) is 0 Å². The van der Waals surface area contributed by atoms with Crippen molar-refractivity contribution in [2.45, 2.75) is 31.4 Å². The number of fused-ring (bicyclic) bond motifs is 1. The lowest BCUT2D eigenvalue weighted by atomic mass is 10.0. The fourth-order valence-corrected chi connectivity index (χ4v) is 5.09. The zero-order valence-electron chi connectivity index (χ0n) is 18.8. The number of amides is 1. The first-order valence-corrected chi connectivity index (χ1v) is 11.9. The lowest BCUT2D eigenvalue weighted by Gasteiger charge is -2.17. The van der Waals surface area contributed by atoms with Crippen molar-refractivity contribution in [3.05, 3.63) is 69.8 Å². The smallest absolute Gasteiger partial charge is 0.391 e. The van der Waals surface area contributed by atoms with Gasteiger partial charge in [0.15, 0.2) is 0 Å². The lowest BCUT2D eigenvalue weighted by molar-refractivity contribution is -0.143. The Morgan fingerprint density at radius 1 is 1.08 bits per heavy atom. The van der Waals surface area contributed by atoms with Gasteiger partial charge in [-0.2, -0.15) is 36.4 Å². The van der Waals surface area contributed by atoms with E-state index in [1.54, 1.807) is 24.3 Å². The molecule has 194 valence electrons. The van der Waals surface area contributed by atoms with Gasteiger partial charge in [0.05, 0.1) is 34.2 Å². The Labute approximate surface area is 210 Å². The molecule has 0 bridgehead atoms. The van der Waals surface area contributed by atoms with Crippen molar-refractivity contribution in [1.29, 1.82) is 0 Å². The molecular formula is C24H18F6N4O2S. The summed E-state index contributed by atoms with van der Waals surface area (Å²) in [6.07, 6.45) is -6.52. The summed E-state index contributed by atoms with van der Waals surface area (Å²) >= 11 is 0.963. The van der Waals surface area contributed by atoms with Gasteiger partial charge in [-0.05, 0) is 59.7 Å². The highest BCUT2D eigenvalue weighted by Gasteiger charge is 2.38. The molecule has 37 heavy (non-hydrogen) atoms. The number of hydrogen-bond acceptors (Lipinski definition) is 5. The summed E-state index contributed by atoms with van der Waals surface area (Å²) in [5.74, 6) is 0.490. The van der Waals surface area contributed by atoms with Crippen molar-refractivity contribution in [1.82, 2.24) is 14.7 Å². The molecule has 13 heteroatoms. The molecule has 2 aromatic carbocycles. The maximum Gasteiger partial charge on any atom is 0.416 e. The molecule has 5 rings (SSSR count). The zero-order chi connectivity index (χ0) is 26.5. The van der Waals surface area contributed by atoms with Gasteiger partial charge in [-0.25, -0.2) is 0 Å². The Hall–Kier alpha value is -3.32. The fraction of sp³-hybridized carbons (Fsp3) is 0.292. The van der Waals surface area contributed by atoms with Crippen LogP contribution in [0.2, 0.25) is 0 Å². The summed E-state index contributed by atoms with van der Waals surface area (Å²) in [7, 11) is 0. The van der Waals surface area contributed by atoms with Gasteiger partial charge in [-0.15, -0.1) is 0 Å². The van der Waals surface area contributed by atoms with E-state index in [1.165, 1.54) is 10.9 Å². The second-order valence-corrected chi connectivity index (χ2v) is 9.71. The van der Waals surface area contributed by atoms with E-state index in [0.717, 1.165) is 17.8 Å². The van der Waals surface area contributed by atoms with Crippen molar-refractivity contribution in [3.8, 4) is 0 Å². The molecule has 1 atom stereocenters. The Bertz CT molecular complexity index is 1440. The number of nitrogens with zero attached hydrogens (tertiary/aromatic N) is 4. The number of thioether (sulfide) groups is 1. The number of aliphatic hydroxyl groups excluding tert-OH is 1. The zero-order valence-corrected chi connectivity index (χ0v) is 19.7. The van der Waals surface area contributed by atoms with Crippen LogP contribution in [0.25, 0.3) is 17.0 Å². The van der Waals surface area contributed by atoms with Gasteiger partial charge >= 0.3 is 17.6 Å².